The lowest BCUT2D eigenvalue weighted by atomic mass is 10.1. The predicted molar refractivity (Wildman–Crippen MR) is 130 cm³/mol. The lowest BCUT2D eigenvalue weighted by molar-refractivity contribution is -0.121. The topological polar surface area (TPSA) is 48.8 Å². The molecule has 2 aromatic carbocycles. The number of carbonyl (C=O) groups is 1. The highest BCUT2D eigenvalue weighted by Crippen LogP contribution is 2.34. The molecule has 0 unspecified atom stereocenters. The Hall–Kier alpha value is -3.12. The molecule has 3 heterocycles. The van der Waals surface area contributed by atoms with Gasteiger partial charge in [-0.25, -0.2) is 4.99 Å². The second-order valence-electron chi connectivity index (χ2n) is 7.98. The molecular weight excluding hydrogens is 404 g/mol. The van der Waals surface area contributed by atoms with E-state index in [1.54, 1.807) is 18.1 Å². The van der Waals surface area contributed by atoms with Gasteiger partial charge in [-0.3, -0.25) is 14.7 Å². The zero-order chi connectivity index (χ0) is 21.4. The van der Waals surface area contributed by atoms with Crippen molar-refractivity contribution in [3.8, 4) is 0 Å². The third kappa shape index (κ3) is 3.95. The minimum Gasteiger partial charge on any atom is -0.372 e. The zero-order valence-electron chi connectivity index (χ0n) is 17.7. The van der Waals surface area contributed by atoms with E-state index in [1.165, 1.54) is 35.9 Å². The molecule has 1 aromatic heterocycles. The van der Waals surface area contributed by atoms with Gasteiger partial charge in [0, 0.05) is 37.4 Å². The van der Waals surface area contributed by atoms with Gasteiger partial charge in [0.2, 0.25) is 0 Å². The van der Waals surface area contributed by atoms with Crippen LogP contribution < -0.4 is 4.90 Å². The van der Waals surface area contributed by atoms with Crippen LogP contribution in [0.2, 0.25) is 0 Å². The van der Waals surface area contributed by atoms with E-state index in [1.807, 2.05) is 36.4 Å². The van der Waals surface area contributed by atoms with Gasteiger partial charge in [0.05, 0.1) is 16.1 Å². The highest BCUT2D eigenvalue weighted by molar-refractivity contribution is 8.18. The van der Waals surface area contributed by atoms with Crippen LogP contribution in [0.3, 0.4) is 0 Å². The maximum absolute atomic E-state index is 12.8. The number of nitrogens with zero attached hydrogens (tertiary/aromatic N) is 4. The summed E-state index contributed by atoms with van der Waals surface area (Å²) < 4.78 is 0. The molecule has 0 atom stereocenters. The summed E-state index contributed by atoms with van der Waals surface area (Å²) >= 11 is 1.42. The number of amidine groups is 1. The molecule has 1 amide bonds. The number of likely N-dealkylation sites (N-methyl/N-ethyl adjacent to an activating group) is 1. The van der Waals surface area contributed by atoms with E-state index in [4.69, 9.17) is 4.99 Å². The average molecular weight is 429 g/mol. The van der Waals surface area contributed by atoms with Crippen molar-refractivity contribution < 1.29 is 4.79 Å². The first-order valence-corrected chi connectivity index (χ1v) is 11.4. The fraction of sp³-hybridized carbons (Fsp3) is 0.240. The molecule has 3 aromatic rings. The Morgan fingerprint density at radius 1 is 1.10 bits per heavy atom. The first-order valence-electron chi connectivity index (χ1n) is 10.6. The van der Waals surface area contributed by atoms with Gasteiger partial charge in [-0.1, -0.05) is 12.1 Å². The molecule has 0 spiro atoms. The van der Waals surface area contributed by atoms with E-state index in [0.29, 0.717) is 10.1 Å². The fourth-order valence-corrected chi connectivity index (χ4v) is 5.01. The van der Waals surface area contributed by atoms with Crippen LogP contribution in [0.15, 0.2) is 64.6 Å². The molecule has 2 fully saturated rings. The largest absolute Gasteiger partial charge is 0.372 e. The SMILES string of the molecule is Cc1cc(N2CCCC2)ccc1/C=C1\SC(=Nc2ccc3ncccc3c2)N(C)C1=O. The van der Waals surface area contributed by atoms with Gasteiger partial charge in [0.15, 0.2) is 5.17 Å². The normalized spacial score (nSPS) is 19.4. The molecule has 6 heteroatoms. The van der Waals surface area contributed by atoms with E-state index in [0.717, 1.165) is 35.2 Å². The van der Waals surface area contributed by atoms with Crippen LogP contribution in [0.5, 0.6) is 0 Å². The summed E-state index contributed by atoms with van der Waals surface area (Å²) in [5.41, 5.74) is 5.27. The van der Waals surface area contributed by atoms with Crippen molar-refractivity contribution in [2.45, 2.75) is 19.8 Å². The van der Waals surface area contributed by atoms with Crippen molar-refractivity contribution in [1.29, 1.82) is 0 Å². The molecule has 2 aliphatic heterocycles. The monoisotopic (exact) mass is 428 g/mol. The Morgan fingerprint density at radius 3 is 2.74 bits per heavy atom. The molecule has 0 saturated carbocycles. The summed E-state index contributed by atoms with van der Waals surface area (Å²) in [5, 5.41) is 1.72. The van der Waals surface area contributed by atoms with Crippen molar-refractivity contribution in [3.63, 3.8) is 0 Å². The standard InChI is InChI=1S/C25H24N4OS/c1-17-14-21(29-12-3-4-13-29)9-7-18(17)16-23-24(30)28(2)25(31-23)27-20-8-10-22-19(15-20)6-5-11-26-22/h5-11,14-16H,3-4,12-13H2,1-2H3/b23-16-,27-25?. The molecule has 2 aliphatic rings. The highest BCUT2D eigenvalue weighted by atomic mass is 32.2. The number of aliphatic imine (C=N–C) groups is 1. The Balaban J connectivity index is 1.41. The first-order chi connectivity index (χ1) is 15.1. The maximum Gasteiger partial charge on any atom is 0.266 e. The van der Waals surface area contributed by atoms with E-state index in [2.05, 4.69) is 35.0 Å². The highest BCUT2D eigenvalue weighted by Gasteiger charge is 2.30. The number of aromatic nitrogens is 1. The van der Waals surface area contributed by atoms with Crippen molar-refractivity contribution in [1.82, 2.24) is 9.88 Å². The molecule has 0 radical (unpaired) electrons. The number of fused-ring (bicyclic) bond motifs is 1. The Bertz CT molecular complexity index is 1230. The predicted octanol–water partition coefficient (Wildman–Crippen LogP) is 5.38. The Labute approximate surface area is 186 Å². The molecule has 0 aliphatic carbocycles. The van der Waals surface area contributed by atoms with Crippen LogP contribution in [0.25, 0.3) is 17.0 Å². The lowest BCUT2D eigenvalue weighted by Crippen LogP contribution is -2.23. The smallest absolute Gasteiger partial charge is 0.266 e. The van der Waals surface area contributed by atoms with Crippen LogP contribution in [0, 0.1) is 6.92 Å². The molecule has 2 saturated heterocycles. The van der Waals surface area contributed by atoms with Crippen molar-refractivity contribution in [2.75, 3.05) is 25.0 Å². The first kappa shape index (κ1) is 19.8. The number of carbonyl (C=O) groups excluding carboxylic acids is 1. The molecular formula is C25H24N4OS. The average Bonchev–Trinajstić information content (AvgIpc) is 3.41. The summed E-state index contributed by atoms with van der Waals surface area (Å²) in [6.07, 6.45) is 6.29. The number of thioether (sulfide) groups is 1. The van der Waals surface area contributed by atoms with Crippen LogP contribution in [0.4, 0.5) is 11.4 Å². The van der Waals surface area contributed by atoms with E-state index < -0.39 is 0 Å². The van der Waals surface area contributed by atoms with Crippen molar-refractivity contribution >= 4 is 51.2 Å². The van der Waals surface area contributed by atoms with Crippen molar-refractivity contribution in [3.05, 3.63) is 70.8 Å². The van der Waals surface area contributed by atoms with Gasteiger partial charge in [-0.15, -0.1) is 0 Å². The number of pyridine rings is 1. The molecule has 0 N–H and O–H groups in total. The van der Waals surface area contributed by atoms with Crippen LogP contribution in [0.1, 0.15) is 24.0 Å². The number of hydrogen-bond donors (Lipinski definition) is 0. The van der Waals surface area contributed by atoms with Gasteiger partial charge in [0.1, 0.15) is 0 Å². The summed E-state index contributed by atoms with van der Waals surface area (Å²) in [6, 6.07) is 16.3. The summed E-state index contributed by atoms with van der Waals surface area (Å²) in [5.74, 6) is -0.0192. The van der Waals surface area contributed by atoms with Crippen LogP contribution >= 0.6 is 11.8 Å². The molecule has 5 rings (SSSR count). The van der Waals surface area contributed by atoms with Crippen LogP contribution in [-0.4, -0.2) is 41.1 Å². The lowest BCUT2D eigenvalue weighted by Gasteiger charge is -2.18. The van der Waals surface area contributed by atoms with Gasteiger partial charge in [0.25, 0.3) is 5.91 Å². The Kier molecular flexibility index (Phi) is 5.24. The zero-order valence-corrected chi connectivity index (χ0v) is 18.5. The van der Waals surface area contributed by atoms with Crippen LogP contribution in [-0.2, 0) is 4.79 Å². The number of hydrogen-bond acceptors (Lipinski definition) is 5. The third-order valence-corrected chi connectivity index (χ3v) is 6.89. The van der Waals surface area contributed by atoms with Crippen molar-refractivity contribution in [2.24, 2.45) is 4.99 Å². The third-order valence-electron chi connectivity index (χ3n) is 5.83. The minimum absolute atomic E-state index is 0.0192. The second-order valence-corrected chi connectivity index (χ2v) is 8.99. The molecule has 5 nitrogen and oxygen atoms in total. The summed E-state index contributed by atoms with van der Waals surface area (Å²) in [7, 11) is 1.78. The van der Waals surface area contributed by atoms with E-state index >= 15 is 0 Å². The Morgan fingerprint density at radius 2 is 1.94 bits per heavy atom. The summed E-state index contributed by atoms with van der Waals surface area (Å²) in [6.45, 7) is 4.37. The van der Waals surface area contributed by atoms with Gasteiger partial charge >= 0.3 is 0 Å². The number of anilines is 1. The fourth-order valence-electron chi connectivity index (χ4n) is 4.03. The summed E-state index contributed by atoms with van der Waals surface area (Å²) in [4.78, 5) is 26.7. The van der Waals surface area contributed by atoms with E-state index in [-0.39, 0.29) is 5.91 Å². The molecule has 31 heavy (non-hydrogen) atoms. The number of amides is 1. The quantitative estimate of drug-likeness (QED) is 0.526. The molecule has 156 valence electrons. The molecule has 0 bridgehead atoms. The van der Waals surface area contributed by atoms with Gasteiger partial charge in [-0.05, 0) is 85.1 Å². The maximum atomic E-state index is 12.8. The minimum atomic E-state index is -0.0192. The van der Waals surface area contributed by atoms with Gasteiger partial charge in [-0.2, -0.15) is 0 Å². The van der Waals surface area contributed by atoms with Gasteiger partial charge < -0.3 is 4.90 Å². The number of aryl methyl sites for hydroxylation is 1. The van der Waals surface area contributed by atoms with E-state index in [9.17, 15) is 4.79 Å². The number of benzene rings is 2. The number of rotatable bonds is 3. The second kappa shape index (κ2) is 8.19.